The van der Waals surface area contributed by atoms with E-state index in [0.29, 0.717) is 25.0 Å². The summed E-state index contributed by atoms with van der Waals surface area (Å²) in [6.07, 6.45) is 8.01. The van der Waals surface area contributed by atoms with Crippen LogP contribution in [0.3, 0.4) is 0 Å². The number of nitrogens with zero attached hydrogens (tertiary/aromatic N) is 3. The molecule has 2 aromatic rings. The normalized spacial score (nSPS) is 22.0. The van der Waals surface area contributed by atoms with E-state index >= 15 is 0 Å². The van der Waals surface area contributed by atoms with Gasteiger partial charge in [-0.25, -0.2) is 4.79 Å². The second-order valence-electron chi connectivity index (χ2n) is 7.49. The summed E-state index contributed by atoms with van der Waals surface area (Å²) in [5, 5.41) is 7.19. The maximum Gasteiger partial charge on any atom is 0.318 e. The van der Waals surface area contributed by atoms with Crippen LogP contribution < -0.4 is 5.32 Å². The molecule has 2 aliphatic rings. The molecule has 0 spiro atoms. The van der Waals surface area contributed by atoms with Crippen LogP contribution in [-0.2, 0) is 20.0 Å². The number of urea groups is 1. The number of hydrogen-bond donors (Lipinski definition) is 1. The number of amides is 2. The molecule has 6 heteroatoms. The third kappa shape index (κ3) is 3.89. The summed E-state index contributed by atoms with van der Waals surface area (Å²) < 4.78 is 7.76. The first-order chi connectivity index (χ1) is 12.1. The van der Waals surface area contributed by atoms with Crippen molar-refractivity contribution >= 4 is 6.03 Å². The van der Waals surface area contributed by atoms with Gasteiger partial charge in [0, 0.05) is 31.7 Å². The Morgan fingerprint density at radius 2 is 2.24 bits per heavy atom. The molecule has 25 heavy (non-hydrogen) atoms. The number of nitrogens with one attached hydrogen (secondary N) is 1. The summed E-state index contributed by atoms with van der Waals surface area (Å²) in [5.41, 5.74) is 1.13. The molecule has 1 N–H and O–H groups in total. The van der Waals surface area contributed by atoms with Crippen LogP contribution >= 0.6 is 0 Å². The fourth-order valence-corrected chi connectivity index (χ4v) is 3.33. The van der Waals surface area contributed by atoms with Crippen LogP contribution in [0.1, 0.15) is 49.2 Å². The number of carbonyl (C=O) groups is 1. The highest BCUT2D eigenvalue weighted by atomic mass is 16.3. The Morgan fingerprint density at radius 1 is 1.44 bits per heavy atom. The molecule has 2 aliphatic carbocycles. The number of aryl methyl sites for hydroxylation is 1. The Labute approximate surface area is 148 Å². The van der Waals surface area contributed by atoms with Crippen molar-refractivity contribution in [1.29, 1.82) is 0 Å². The molecule has 0 aromatic carbocycles. The third-order valence-corrected chi connectivity index (χ3v) is 5.18. The highest BCUT2D eigenvalue weighted by Crippen LogP contribution is 2.47. The maximum atomic E-state index is 12.6. The van der Waals surface area contributed by atoms with E-state index in [1.807, 2.05) is 30.4 Å². The minimum atomic E-state index is 0.00382. The second-order valence-corrected chi connectivity index (χ2v) is 7.49. The SMILES string of the molecule is CC1CC1c1ccc(CN(C(=O)NCCc2cnn(C)c2)C2CC2)o1. The molecule has 2 heterocycles. The maximum absolute atomic E-state index is 12.6. The number of furan rings is 1. The smallest absolute Gasteiger partial charge is 0.318 e. The van der Waals surface area contributed by atoms with Gasteiger partial charge in [0.2, 0.25) is 0 Å². The van der Waals surface area contributed by atoms with E-state index in [1.165, 1.54) is 6.42 Å². The summed E-state index contributed by atoms with van der Waals surface area (Å²) >= 11 is 0. The van der Waals surface area contributed by atoms with Gasteiger partial charge in [-0.15, -0.1) is 0 Å². The largest absolute Gasteiger partial charge is 0.464 e. The van der Waals surface area contributed by atoms with Gasteiger partial charge >= 0.3 is 6.03 Å². The first kappa shape index (κ1) is 16.2. The minimum absolute atomic E-state index is 0.00382. The molecule has 0 saturated heterocycles. The predicted molar refractivity (Wildman–Crippen MR) is 94.1 cm³/mol. The third-order valence-electron chi connectivity index (χ3n) is 5.18. The molecule has 2 unspecified atom stereocenters. The van der Waals surface area contributed by atoms with Gasteiger partial charge in [0.1, 0.15) is 11.5 Å². The van der Waals surface area contributed by atoms with Crippen molar-refractivity contribution in [3.05, 3.63) is 41.6 Å². The van der Waals surface area contributed by atoms with Gasteiger partial charge < -0.3 is 14.6 Å². The lowest BCUT2D eigenvalue weighted by Gasteiger charge is -2.21. The van der Waals surface area contributed by atoms with Crippen molar-refractivity contribution in [1.82, 2.24) is 20.0 Å². The van der Waals surface area contributed by atoms with Crippen LogP contribution in [-0.4, -0.2) is 33.3 Å². The summed E-state index contributed by atoms with van der Waals surface area (Å²) in [7, 11) is 1.90. The summed E-state index contributed by atoms with van der Waals surface area (Å²) in [6, 6.07) is 4.46. The average molecular weight is 342 g/mol. The van der Waals surface area contributed by atoms with Crippen LogP contribution in [0.4, 0.5) is 4.79 Å². The van der Waals surface area contributed by atoms with Crippen LogP contribution in [0, 0.1) is 5.92 Å². The zero-order valence-electron chi connectivity index (χ0n) is 14.9. The Hall–Kier alpha value is -2.24. The van der Waals surface area contributed by atoms with E-state index in [-0.39, 0.29) is 6.03 Å². The Balaban J connectivity index is 1.31. The van der Waals surface area contributed by atoms with Gasteiger partial charge in [0.15, 0.2) is 0 Å². The van der Waals surface area contributed by atoms with Gasteiger partial charge in [-0.3, -0.25) is 4.68 Å². The van der Waals surface area contributed by atoms with E-state index in [1.54, 1.807) is 4.68 Å². The average Bonchev–Trinajstić information content (AvgIpc) is 3.47. The van der Waals surface area contributed by atoms with Crippen molar-refractivity contribution in [2.75, 3.05) is 6.54 Å². The lowest BCUT2D eigenvalue weighted by atomic mass is 10.2. The topological polar surface area (TPSA) is 63.3 Å². The number of hydrogen-bond acceptors (Lipinski definition) is 3. The van der Waals surface area contributed by atoms with E-state index in [4.69, 9.17) is 4.42 Å². The number of aromatic nitrogens is 2. The fourth-order valence-electron chi connectivity index (χ4n) is 3.33. The Kier molecular flexibility index (Phi) is 4.27. The molecule has 2 fully saturated rings. The van der Waals surface area contributed by atoms with Crippen LogP contribution in [0.15, 0.2) is 28.9 Å². The Morgan fingerprint density at radius 3 is 2.88 bits per heavy atom. The van der Waals surface area contributed by atoms with Gasteiger partial charge in [-0.05, 0) is 49.3 Å². The predicted octanol–water partition coefficient (Wildman–Crippen LogP) is 3.05. The Bertz CT molecular complexity index is 746. The zero-order valence-corrected chi connectivity index (χ0v) is 14.9. The molecular weight excluding hydrogens is 316 g/mol. The van der Waals surface area contributed by atoms with Crippen LogP contribution in [0.2, 0.25) is 0 Å². The molecule has 2 amide bonds. The fraction of sp³-hybridized carbons (Fsp3) is 0.579. The van der Waals surface area contributed by atoms with Gasteiger partial charge in [0.05, 0.1) is 12.7 Å². The molecule has 134 valence electrons. The zero-order chi connectivity index (χ0) is 17.4. The lowest BCUT2D eigenvalue weighted by Crippen LogP contribution is -2.41. The highest BCUT2D eigenvalue weighted by molar-refractivity contribution is 5.74. The summed E-state index contributed by atoms with van der Waals surface area (Å²) in [4.78, 5) is 14.5. The molecule has 0 aliphatic heterocycles. The second kappa shape index (κ2) is 6.58. The quantitative estimate of drug-likeness (QED) is 0.841. The molecule has 2 saturated carbocycles. The van der Waals surface area contributed by atoms with Crippen molar-refractivity contribution < 1.29 is 9.21 Å². The van der Waals surface area contributed by atoms with Crippen molar-refractivity contribution in [3.8, 4) is 0 Å². The van der Waals surface area contributed by atoms with Gasteiger partial charge in [0.25, 0.3) is 0 Å². The van der Waals surface area contributed by atoms with Crippen LogP contribution in [0.25, 0.3) is 0 Å². The molecule has 0 radical (unpaired) electrons. The van der Waals surface area contributed by atoms with E-state index in [2.05, 4.69) is 23.4 Å². The summed E-state index contributed by atoms with van der Waals surface area (Å²) in [6.45, 7) is 3.43. The standard InChI is InChI=1S/C19H26N4O2/c1-13-9-17(13)18-6-5-16(25-18)12-23(15-3-4-15)19(24)20-8-7-14-10-21-22(2)11-14/h5-6,10-11,13,15,17H,3-4,7-9,12H2,1-2H3,(H,20,24). The van der Waals surface area contributed by atoms with Gasteiger partial charge in [-0.2, -0.15) is 5.10 Å². The van der Waals surface area contributed by atoms with E-state index < -0.39 is 0 Å². The summed E-state index contributed by atoms with van der Waals surface area (Å²) in [5.74, 6) is 3.28. The molecule has 0 bridgehead atoms. The monoisotopic (exact) mass is 342 g/mol. The van der Waals surface area contributed by atoms with Crippen molar-refractivity contribution in [3.63, 3.8) is 0 Å². The minimum Gasteiger partial charge on any atom is -0.464 e. The number of carbonyl (C=O) groups excluding carboxylic acids is 1. The molecular formula is C19H26N4O2. The van der Waals surface area contributed by atoms with E-state index in [0.717, 1.165) is 42.3 Å². The molecule has 6 nitrogen and oxygen atoms in total. The van der Waals surface area contributed by atoms with Crippen LogP contribution in [0.5, 0.6) is 0 Å². The molecule has 2 aromatic heterocycles. The van der Waals surface area contributed by atoms with Gasteiger partial charge in [-0.1, -0.05) is 6.92 Å². The highest BCUT2D eigenvalue weighted by Gasteiger charge is 2.37. The first-order valence-corrected chi connectivity index (χ1v) is 9.21. The lowest BCUT2D eigenvalue weighted by molar-refractivity contribution is 0.186. The number of rotatable bonds is 7. The molecule has 2 atom stereocenters. The molecule has 4 rings (SSSR count). The van der Waals surface area contributed by atoms with E-state index in [9.17, 15) is 4.79 Å². The van der Waals surface area contributed by atoms with Crippen molar-refractivity contribution in [2.24, 2.45) is 13.0 Å². The van der Waals surface area contributed by atoms with Crippen molar-refractivity contribution in [2.45, 2.75) is 51.1 Å². The first-order valence-electron chi connectivity index (χ1n) is 9.21.